The maximum absolute atomic E-state index is 11.8. The molecule has 0 atom stereocenters. The van der Waals surface area contributed by atoms with E-state index in [1.165, 1.54) is 14.2 Å². The molecule has 88 valence electrons. The molecule has 0 bridgehead atoms. The highest BCUT2D eigenvalue weighted by Crippen LogP contribution is 2.23. The number of hydrogen-bond acceptors (Lipinski definition) is 3. The maximum Gasteiger partial charge on any atom is 0.169 e. The molecule has 0 saturated heterocycles. The highest BCUT2D eigenvalue weighted by molar-refractivity contribution is 9.10. The first kappa shape index (κ1) is 13.6. The maximum atomic E-state index is 11.8. The number of halogens is 2. The van der Waals surface area contributed by atoms with Gasteiger partial charge in [-0.15, -0.1) is 0 Å². The van der Waals surface area contributed by atoms with Crippen LogP contribution in [0.5, 0.6) is 0 Å². The number of methoxy groups -OCH3 is 2. The van der Waals surface area contributed by atoms with Gasteiger partial charge in [0.15, 0.2) is 12.1 Å². The fraction of sp³-hybridized carbons (Fsp3) is 0.364. The molecule has 0 spiro atoms. The zero-order chi connectivity index (χ0) is 12.1. The average Bonchev–Trinajstić information content (AvgIpc) is 2.25. The smallest absolute Gasteiger partial charge is 0.169 e. The summed E-state index contributed by atoms with van der Waals surface area (Å²) in [5.74, 6) is -0.105. The molecule has 0 unspecified atom stereocenters. The summed E-state index contributed by atoms with van der Waals surface area (Å²) in [6.07, 6.45) is -0.388. The molecule has 0 radical (unpaired) electrons. The minimum absolute atomic E-state index is 0.105. The van der Waals surface area contributed by atoms with E-state index in [9.17, 15) is 4.79 Å². The van der Waals surface area contributed by atoms with Crippen LogP contribution in [0.3, 0.4) is 0 Å². The standard InChI is InChI=1S/C11H12BrClO3/c1-15-11(16-2)6-10(14)8-4-3-7(12)5-9(8)13/h3-5,11H,6H2,1-2H3. The predicted octanol–water partition coefficient (Wildman–Crippen LogP) is 3.29. The fourth-order valence-electron chi connectivity index (χ4n) is 1.24. The highest BCUT2D eigenvalue weighted by atomic mass is 79.9. The molecular weight excluding hydrogens is 295 g/mol. The van der Waals surface area contributed by atoms with E-state index in [0.29, 0.717) is 10.6 Å². The van der Waals surface area contributed by atoms with Gasteiger partial charge in [-0.05, 0) is 18.2 Å². The topological polar surface area (TPSA) is 35.5 Å². The fourth-order valence-corrected chi connectivity index (χ4v) is 2.02. The van der Waals surface area contributed by atoms with Crippen molar-refractivity contribution in [1.82, 2.24) is 0 Å². The van der Waals surface area contributed by atoms with Crippen molar-refractivity contribution in [3.63, 3.8) is 0 Å². The summed E-state index contributed by atoms with van der Waals surface area (Å²) in [7, 11) is 2.98. The van der Waals surface area contributed by atoms with Crippen LogP contribution in [0.2, 0.25) is 5.02 Å². The first-order valence-corrected chi connectivity index (χ1v) is 5.79. The van der Waals surface area contributed by atoms with Gasteiger partial charge in [0.1, 0.15) is 0 Å². The summed E-state index contributed by atoms with van der Waals surface area (Å²) >= 11 is 9.24. The molecule has 0 fully saturated rings. The third kappa shape index (κ3) is 3.56. The van der Waals surface area contributed by atoms with Crippen molar-refractivity contribution >= 4 is 33.3 Å². The first-order chi connectivity index (χ1) is 7.58. The van der Waals surface area contributed by atoms with Crippen molar-refractivity contribution in [2.45, 2.75) is 12.7 Å². The quantitative estimate of drug-likeness (QED) is 0.618. The molecular formula is C11H12BrClO3. The van der Waals surface area contributed by atoms with Gasteiger partial charge in [0.2, 0.25) is 0 Å². The van der Waals surface area contributed by atoms with Gasteiger partial charge >= 0.3 is 0 Å². The molecule has 0 aliphatic rings. The molecule has 16 heavy (non-hydrogen) atoms. The number of rotatable bonds is 5. The van der Waals surface area contributed by atoms with Gasteiger partial charge in [0, 0.05) is 24.3 Å². The van der Waals surface area contributed by atoms with Gasteiger partial charge < -0.3 is 9.47 Å². The van der Waals surface area contributed by atoms with Gasteiger partial charge in [-0.3, -0.25) is 4.79 Å². The van der Waals surface area contributed by atoms with E-state index < -0.39 is 6.29 Å². The highest BCUT2D eigenvalue weighted by Gasteiger charge is 2.16. The van der Waals surface area contributed by atoms with Gasteiger partial charge in [0.25, 0.3) is 0 Å². The van der Waals surface area contributed by atoms with Crippen molar-refractivity contribution in [3.8, 4) is 0 Å². The molecule has 0 heterocycles. The Morgan fingerprint density at radius 1 is 1.44 bits per heavy atom. The van der Waals surface area contributed by atoms with E-state index in [2.05, 4.69) is 15.9 Å². The molecule has 0 amide bonds. The number of hydrogen-bond donors (Lipinski definition) is 0. The molecule has 0 aliphatic heterocycles. The summed E-state index contributed by atoms with van der Waals surface area (Å²) in [4.78, 5) is 11.8. The second-order valence-electron chi connectivity index (χ2n) is 3.15. The van der Waals surface area contributed by atoms with Gasteiger partial charge in [0.05, 0.1) is 11.4 Å². The summed E-state index contributed by atoms with van der Waals surface area (Å²) < 4.78 is 10.8. The van der Waals surface area contributed by atoms with Crippen LogP contribution < -0.4 is 0 Å². The molecule has 3 nitrogen and oxygen atoms in total. The van der Waals surface area contributed by atoms with Crippen LogP contribution in [0.15, 0.2) is 22.7 Å². The summed E-state index contributed by atoms with van der Waals surface area (Å²) in [6, 6.07) is 5.13. The van der Waals surface area contributed by atoms with Crippen molar-refractivity contribution < 1.29 is 14.3 Å². The van der Waals surface area contributed by atoms with E-state index in [-0.39, 0.29) is 12.2 Å². The molecule has 1 rings (SSSR count). The van der Waals surface area contributed by atoms with Crippen LogP contribution in [-0.4, -0.2) is 26.3 Å². The Hall–Kier alpha value is -0.420. The zero-order valence-corrected chi connectivity index (χ0v) is 11.3. The van der Waals surface area contributed by atoms with E-state index in [1.807, 2.05) is 0 Å². The van der Waals surface area contributed by atoms with Crippen LogP contribution in [0.1, 0.15) is 16.8 Å². The molecule has 1 aromatic rings. The van der Waals surface area contributed by atoms with E-state index in [4.69, 9.17) is 21.1 Å². The van der Waals surface area contributed by atoms with Crippen LogP contribution in [0, 0.1) is 0 Å². The van der Waals surface area contributed by atoms with E-state index in [0.717, 1.165) is 4.47 Å². The molecule has 1 aromatic carbocycles. The van der Waals surface area contributed by atoms with Crippen molar-refractivity contribution in [3.05, 3.63) is 33.3 Å². The van der Waals surface area contributed by atoms with Crippen LogP contribution in [0.25, 0.3) is 0 Å². The Labute approximate surface area is 108 Å². The number of ketones is 1. The third-order valence-electron chi connectivity index (χ3n) is 2.11. The lowest BCUT2D eigenvalue weighted by Crippen LogP contribution is -2.18. The zero-order valence-electron chi connectivity index (χ0n) is 9.00. The van der Waals surface area contributed by atoms with Crippen LogP contribution in [-0.2, 0) is 9.47 Å². The Bertz CT molecular complexity index is 377. The summed E-state index contributed by atoms with van der Waals surface area (Å²) in [5, 5.41) is 0.422. The van der Waals surface area contributed by atoms with E-state index in [1.54, 1.807) is 18.2 Å². The normalized spacial score (nSPS) is 10.8. The Balaban J connectivity index is 2.80. The number of ether oxygens (including phenoxy) is 2. The molecule has 0 saturated carbocycles. The van der Waals surface area contributed by atoms with Crippen molar-refractivity contribution in [2.75, 3.05) is 14.2 Å². The molecule has 0 aliphatic carbocycles. The SMILES string of the molecule is COC(CC(=O)c1ccc(Br)cc1Cl)OC. The monoisotopic (exact) mass is 306 g/mol. The van der Waals surface area contributed by atoms with Crippen LogP contribution >= 0.6 is 27.5 Å². The summed E-state index contributed by atoms with van der Waals surface area (Å²) in [5.41, 5.74) is 0.476. The largest absolute Gasteiger partial charge is 0.355 e. The third-order valence-corrected chi connectivity index (χ3v) is 2.92. The molecule has 0 N–H and O–H groups in total. The molecule has 0 aromatic heterocycles. The Morgan fingerprint density at radius 3 is 2.56 bits per heavy atom. The molecule has 5 heteroatoms. The summed E-state index contributed by atoms with van der Waals surface area (Å²) in [6.45, 7) is 0. The minimum Gasteiger partial charge on any atom is -0.355 e. The number of carbonyl (C=O) groups is 1. The Kier molecular flexibility index (Phi) is 5.41. The number of benzene rings is 1. The lowest BCUT2D eigenvalue weighted by Gasteiger charge is -2.12. The van der Waals surface area contributed by atoms with Gasteiger partial charge in [-0.25, -0.2) is 0 Å². The predicted molar refractivity (Wildman–Crippen MR) is 65.9 cm³/mol. The van der Waals surface area contributed by atoms with Gasteiger partial charge in [-0.2, -0.15) is 0 Å². The van der Waals surface area contributed by atoms with Crippen LogP contribution in [0.4, 0.5) is 0 Å². The first-order valence-electron chi connectivity index (χ1n) is 4.62. The second-order valence-corrected chi connectivity index (χ2v) is 4.48. The van der Waals surface area contributed by atoms with E-state index >= 15 is 0 Å². The Morgan fingerprint density at radius 2 is 2.06 bits per heavy atom. The second kappa shape index (κ2) is 6.35. The minimum atomic E-state index is -0.535. The van der Waals surface area contributed by atoms with Gasteiger partial charge in [-0.1, -0.05) is 27.5 Å². The van der Waals surface area contributed by atoms with Crippen molar-refractivity contribution in [1.29, 1.82) is 0 Å². The van der Waals surface area contributed by atoms with Crippen molar-refractivity contribution in [2.24, 2.45) is 0 Å². The lowest BCUT2D eigenvalue weighted by atomic mass is 10.1. The number of Topliss-reactive ketones (excluding diaryl/α,β-unsaturated/α-hetero) is 1. The average molecular weight is 308 g/mol. The lowest BCUT2D eigenvalue weighted by molar-refractivity contribution is -0.0993. The number of carbonyl (C=O) groups excluding carboxylic acids is 1.